The smallest absolute Gasteiger partial charge is 0.0208 e. The average Bonchev–Trinajstić information content (AvgIpc) is 2.37. The van der Waals surface area contributed by atoms with Crippen molar-refractivity contribution in [3.8, 4) is 0 Å². The third kappa shape index (κ3) is 4.79. The van der Waals surface area contributed by atoms with E-state index >= 15 is 0 Å². The van der Waals surface area contributed by atoms with Gasteiger partial charge in [0.25, 0.3) is 0 Å². The molecule has 0 aromatic heterocycles. The molecule has 0 spiro atoms. The summed E-state index contributed by atoms with van der Waals surface area (Å²) in [5, 5.41) is 3.54. The highest BCUT2D eigenvalue weighted by molar-refractivity contribution is 5.30. The van der Waals surface area contributed by atoms with Gasteiger partial charge in [-0.05, 0) is 45.4 Å². The lowest BCUT2D eigenvalue weighted by Gasteiger charge is -2.23. The maximum absolute atomic E-state index is 3.54. The summed E-state index contributed by atoms with van der Waals surface area (Å²) >= 11 is 0. The zero-order valence-corrected chi connectivity index (χ0v) is 12.6. The van der Waals surface area contributed by atoms with Crippen LogP contribution in [-0.4, -0.2) is 31.1 Å². The Kier molecular flexibility index (Phi) is 6.37. The largest absolute Gasteiger partial charge is 0.311 e. The molecule has 0 amide bonds. The summed E-state index contributed by atoms with van der Waals surface area (Å²) in [6.45, 7) is 12.0. The van der Waals surface area contributed by atoms with E-state index in [1.807, 2.05) is 0 Å². The molecule has 0 aliphatic carbocycles. The molecule has 0 radical (unpaired) electrons. The summed E-state index contributed by atoms with van der Waals surface area (Å²) in [5.74, 6) is 0. The molecule has 1 rings (SSSR count). The Balaban J connectivity index is 2.31. The van der Waals surface area contributed by atoms with Gasteiger partial charge >= 0.3 is 0 Å². The van der Waals surface area contributed by atoms with Gasteiger partial charge in [0.1, 0.15) is 0 Å². The topological polar surface area (TPSA) is 15.3 Å². The fourth-order valence-corrected chi connectivity index (χ4v) is 2.00. The van der Waals surface area contributed by atoms with E-state index < -0.39 is 0 Å². The summed E-state index contributed by atoms with van der Waals surface area (Å²) in [7, 11) is 2.20. The third-order valence-electron chi connectivity index (χ3n) is 3.80. The van der Waals surface area contributed by atoms with Crippen LogP contribution >= 0.6 is 0 Å². The Morgan fingerprint density at radius 3 is 2.67 bits per heavy atom. The highest BCUT2D eigenvalue weighted by atomic mass is 15.1. The molecule has 2 heteroatoms. The van der Waals surface area contributed by atoms with E-state index in [1.54, 1.807) is 0 Å². The minimum Gasteiger partial charge on any atom is -0.311 e. The molecule has 18 heavy (non-hydrogen) atoms. The second-order valence-corrected chi connectivity index (χ2v) is 5.34. The van der Waals surface area contributed by atoms with Crippen molar-refractivity contribution in [2.75, 3.05) is 20.1 Å². The SMILES string of the molecule is CCC(C)N(C)CCNCc1cc(C)ccc1C. The van der Waals surface area contributed by atoms with Crippen LogP contribution in [0.2, 0.25) is 0 Å². The fourth-order valence-electron chi connectivity index (χ4n) is 2.00. The van der Waals surface area contributed by atoms with Crippen molar-refractivity contribution in [3.05, 3.63) is 34.9 Å². The van der Waals surface area contributed by atoms with Gasteiger partial charge in [-0.15, -0.1) is 0 Å². The molecule has 0 aliphatic heterocycles. The third-order valence-corrected chi connectivity index (χ3v) is 3.80. The van der Waals surface area contributed by atoms with Gasteiger partial charge in [0.15, 0.2) is 0 Å². The summed E-state index contributed by atoms with van der Waals surface area (Å²) in [4.78, 5) is 2.41. The number of likely N-dealkylation sites (N-methyl/N-ethyl adjacent to an activating group) is 1. The zero-order valence-electron chi connectivity index (χ0n) is 12.6. The molecule has 0 heterocycles. The zero-order chi connectivity index (χ0) is 13.5. The van der Waals surface area contributed by atoms with Gasteiger partial charge in [0.2, 0.25) is 0 Å². The molecule has 1 aromatic carbocycles. The van der Waals surface area contributed by atoms with E-state index in [0.29, 0.717) is 6.04 Å². The molecule has 2 nitrogen and oxygen atoms in total. The summed E-state index contributed by atoms with van der Waals surface area (Å²) < 4.78 is 0. The van der Waals surface area contributed by atoms with Crippen LogP contribution in [0.1, 0.15) is 37.0 Å². The average molecular weight is 248 g/mol. The predicted molar refractivity (Wildman–Crippen MR) is 80.0 cm³/mol. The molecule has 0 saturated heterocycles. The first-order valence-electron chi connectivity index (χ1n) is 7.01. The summed E-state index contributed by atoms with van der Waals surface area (Å²) in [6.07, 6.45) is 1.22. The quantitative estimate of drug-likeness (QED) is 0.746. The van der Waals surface area contributed by atoms with Crippen molar-refractivity contribution in [3.63, 3.8) is 0 Å². The number of hydrogen-bond acceptors (Lipinski definition) is 2. The minimum atomic E-state index is 0.674. The van der Waals surface area contributed by atoms with Crippen LogP contribution < -0.4 is 5.32 Å². The van der Waals surface area contributed by atoms with Crippen molar-refractivity contribution in [2.45, 2.75) is 46.7 Å². The minimum absolute atomic E-state index is 0.674. The summed E-state index contributed by atoms with van der Waals surface area (Å²) in [6, 6.07) is 7.33. The van der Waals surface area contributed by atoms with Gasteiger partial charge in [-0.2, -0.15) is 0 Å². The van der Waals surface area contributed by atoms with Crippen LogP contribution in [0.3, 0.4) is 0 Å². The number of nitrogens with one attached hydrogen (secondary N) is 1. The van der Waals surface area contributed by atoms with Crippen LogP contribution in [0.5, 0.6) is 0 Å². The van der Waals surface area contributed by atoms with Gasteiger partial charge in [-0.25, -0.2) is 0 Å². The maximum atomic E-state index is 3.54. The van der Waals surface area contributed by atoms with Gasteiger partial charge in [0.05, 0.1) is 0 Å². The Labute approximate surface area is 112 Å². The molecule has 1 unspecified atom stereocenters. The second-order valence-electron chi connectivity index (χ2n) is 5.34. The van der Waals surface area contributed by atoms with E-state index in [-0.39, 0.29) is 0 Å². The van der Waals surface area contributed by atoms with E-state index in [4.69, 9.17) is 0 Å². The second kappa shape index (κ2) is 7.55. The first-order chi connectivity index (χ1) is 8.54. The Morgan fingerprint density at radius 2 is 2.00 bits per heavy atom. The lowest BCUT2D eigenvalue weighted by atomic mass is 10.1. The van der Waals surface area contributed by atoms with Crippen molar-refractivity contribution < 1.29 is 0 Å². The van der Waals surface area contributed by atoms with Crippen LogP contribution in [0, 0.1) is 13.8 Å². The van der Waals surface area contributed by atoms with Crippen molar-refractivity contribution in [1.82, 2.24) is 10.2 Å². The van der Waals surface area contributed by atoms with Crippen molar-refractivity contribution >= 4 is 0 Å². The molecule has 1 atom stereocenters. The van der Waals surface area contributed by atoms with Gasteiger partial charge in [-0.1, -0.05) is 30.7 Å². The summed E-state index contributed by atoms with van der Waals surface area (Å²) in [5.41, 5.74) is 4.14. The normalized spacial score (nSPS) is 13.0. The molecule has 0 saturated carbocycles. The number of hydrogen-bond donors (Lipinski definition) is 1. The van der Waals surface area contributed by atoms with Gasteiger partial charge in [0, 0.05) is 25.7 Å². The predicted octanol–water partition coefficient (Wildman–Crippen LogP) is 3.12. The van der Waals surface area contributed by atoms with Crippen LogP contribution in [0.15, 0.2) is 18.2 Å². The Morgan fingerprint density at radius 1 is 1.28 bits per heavy atom. The molecule has 0 fully saturated rings. The molecule has 0 aliphatic rings. The van der Waals surface area contributed by atoms with Crippen LogP contribution in [0.25, 0.3) is 0 Å². The standard InChI is InChI=1S/C16H28N2/c1-6-15(4)18(5)10-9-17-12-16-11-13(2)7-8-14(16)3/h7-8,11,15,17H,6,9-10,12H2,1-5H3. The van der Waals surface area contributed by atoms with E-state index in [0.717, 1.165) is 19.6 Å². The van der Waals surface area contributed by atoms with Crippen LogP contribution in [-0.2, 0) is 6.54 Å². The molecular formula is C16H28N2. The lowest BCUT2D eigenvalue weighted by Crippen LogP contribution is -2.34. The Bertz CT molecular complexity index is 360. The number of nitrogens with zero attached hydrogens (tertiary/aromatic N) is 1. The molecular weight excluding hydrogens is 220 g/mol. The first kappa shape index (κ1) is 15.2. The maximum Gasteiger partial charge on any atom is 0.0208 e. The number of aryl methyl sites for hydroxylation is 2. The first-order valence-corrected chi connectivity index (χ1v) is 7.01. The number of benzene rings is 1. The van der Waals surface area contributed by atoms with Gasteiger partial charge in [-0.3, -0.25) is 0 Å². The fraction of sp³-hybridized carbons (Fsp3) is 0.625. The van der Waals surface area contributed by atoms with Crippen LogP contribution in [0.4, 0.5) is 0 Å². The van der Waals surface area contributed by atoms with E-state index in [2.05, 4.69) is 63.2 Å². The highest BCUT2D eigenvalue weighted by Crippen LogP contribution is 2.10. The molecule has 1 N–H and O–H groups in total. The molecule has 102 valence electrons. The number of rotatable bonds is 7. The van der Waals surface area contributed by atoms with E-state index in [1.165, 1.54) is 23.1 Å². The van der Waals surface area contributed by atoms with Gasteiger partial charge < -0.3 is 10.2 Å². The molecule has 0 bridgehead atoms. The van der Waals surface area contributed by atoms with Crippen molar-refractivity contribution in [2.24, 2.45) is 0 Å². The molecule has 1 aromatic rings. The highest BCUT2D eigenvalue weighted by Gasteiger charge is 2.05. The lowest BCUT2D eigenvalue weighted by molar-refractivity contribution is 0.251. The van der Waals surface area contributed by atoms with Crippen molar-refractivity contribution in [1.29, 1.82) is 0 Å². The Hall–Kier alpha value is -0.860. The van der Waals surface area contributed by atoms with E-state index in [9.17, 15) is 0 Å². The monoisotopic (exact) mass is 248 g/mol.